The maximum atomic E-state index is 12.7. The van der Waals surface area contributed by atoms with Crippen LogP contribution >= 0.6 is 0 Å². The van der Waals surface area contributed by atoms with Crippen molar-refractivity contribution in [2.45, 2.75) is 13.5 Å². The number of nitrogens with one attached hydrogen (secondary N) is 1. The summed E-state index contributed by atoms with van der Waals surface area (Å²) >= 11 is 0. The Hall–Kier alpha value is -4.01. The Labute approximate surface area is 178 Å². The molecular weight excluding hydrogens is 404 g/mol. The molecule has 0 aliphatic carbocycles. The number of imide groups is 1. The van der Waals surface area contributed by atoms with Crippen LogP contribution < -0.4 is 14.8 Å². The van der Waals surface area contributed by atoms with Crippen LogP contribution in [0.1, 0.15) is 28.8 Å². The maximum absolute atomic E-state index is 12.7. The highest BCUT2D eigenvalue weighted by atomic mass is 16.5. The van der Waals surface area contributed by atoms with Crippen molar-refractivity contribution in [2.24, 2.45) is 0 Å². The Kier molecular flexibility index (Phi) is 6.76. The van der Waals surface area contributed by atoms with Crippen molar-refractivity contribution >= 4 is 24.0 Å². The molecule has 0 atom stereocenters. The molecule has 1 fully saturated rings. The molecule has 162 valence electrons. The van der Waals surface area contributed by atoms with E-state index < -0.39 is 17.9 Å². The molecule has 1 aromatic heterocycles. The lowest BCUT2D eigenvalue weighted by Gasteiger charge is -2.11. The molecule has 0 unspecified atom stereocenters. The fraction of sp³-hybridized carbons (Fsp3) is 0.227. The van der Waals surface area contributed by atoms with Crippen LogP contribution in [-0.4, -0.2) is 43.1 Å². The van der Waals surface area contributed by atoms with E-state index in [0.717, 1.165) is 4.90 Å². The molecule has 31 heavy (non-hydrogen) atoms. The molecule has 3 amide bonds. The fourth-order valence-electron chi connectivity index (χ4n) is 2.86. The van der Waals surface area contributed by atoms with Gasteiger partial charge in [0.15, 0.2) is 11.5 Å². The van der Waals surface area contributed by atoms with E-state index in [1.54, 1.807) is 30.4 Å². The second-order valence-corrected chi connectivity index (χ2v) is 6.38. The molecule has 1 aromatic carbocycles. The van der Waals surface area contributed by atoms with E-state index in [0.29, 0.717) is 30.3 Å². The number of amides is 3. The first kappa shape index (κ1) is 21.7. The van der Waals surface area contributed by atoms with Gasteiger partial charge in [-0.2, -0.15) is 0 Å². The first-order valence-electron chi connectivity index (χ1n) is 9.49. The van der Waals surface area contributed by atoms with Crippen LogP contribution in [0.15, 0.2) is 53.1 Å². The zero-order valence-electron chi connectivity index (χ0n) is 17.2. The van der Waals surface area contributed by atoms with E-state index >= 15 is 0 Å². The van der Waals surface area contributed by atoms with E-state index in [1.807, 2.05) is 6.92 Å². The van der Waals surface area contributed by atoms with Crippen LogP contribution in [0.25, 0.3) is 6.08 Å². The summed E-state index contributed by atoms with van der Waals surface area (Å²) in [5.74, 6) is 0.153. The fourth-order valence-corrected chi connectivity index (χ4v) is 2.86. The number of ether oxygens (including phenoxy) is 3. The SMILES string of the molecule is C=CCOc1ccc(C=C2NC(=O)N(Cc3ccc(C(=O)OC)o3)C2=O)cc1OCC. The summed E-state index contributed by atoms with van der Waals surface area (Å²) in [5.41, 5.74) is 0.748. The van der Waals surface area contributed by atoms with Crippen molar-refractivity contribution in [3.8, 4) is 11.5 Å². The van der Waals surface area contributed by atoms with Gasteiger partial charge in [-0.3, -0.25) is 9.69 Å². The third-order valence-electron chi connectivity index (χ3n) is 4.26. The summed E-state index contributed by atoms with van der Waals surface area (Å²) in [4.78, 5) is 37.5. The number of carbonyl (C=O) groups is 3. The summed E-state index contributed by atoms with van der Waals surface area (Å²) in [7, 11) is 1.23. The second kappa shape index (κ2) is 9.66. The Morgan fingerprint density at radius 1 is 1.19 bits per heavy atom. The Morgan fingerprint density at radius 3 is 2.71 bits per heavy atom. The average molecular weight is 426 g/mol. The van der Waals surface area contributed by atoms with Gasteiger partial charge in [-0.25, -0.2) is 9.59 Å². The van der Waals surface area contributed by atoms with Crippen molar-refractivity contribution in [3.05, 3.63) is 65.8 Å². The molecule has 0 radical (unpaired) electrons. The molecule has 0 saturated carbocycles. The summed E-state index contributed by atoms with van der Waals surface area (Å²) in [6, 6.07) is 7.50. The van der Waals surface area contributed by atoms with Crippen LogP contribution in [0.3, 0.4) is 0 Å². The topological polar surface area (TPSA) is 107 Å². The predicted octanol–water partition coefficient (Wildman–Crippen LogP) is 3.12. The molecule has 2 heterocycles. The minimum Gasteiger partial charge on any atom is -0.490 e. The van der Waals surface area contributed by atoms with Gasteiger partial charge in [0.2, 0.25) is 5.76 Å². The predicted molar refractivity (Wildman–Crippen MR) is 110 cm³/mol. The summed E-state index contributed by atoms with van der Waals surface area (Å²) in [5, 5.41) is 2.54. The van der Waals surface area contributed by atoms with Crippen LogP contribution in [-0.2, 0) is 16.1 Å². The lowest BCUT2D eigenvalue weighted by molar-refractivity contribution is -0.123. The van der Waals surface area contributed by atoms with Gasteiger partial charge in [-0.1, -0.05) is 18.7 Å². The number of urea groups is 1. The Balaban J connectivity index is 1.78. The number of benzene rings is 1. The van der Waals surface area contributed by atoms with Gasteiger partial charge < -0.3 is 23.9 Å². The Bertz CT molecular complexity index is 1040. The summed E-state index contributed by atoms with van der Waals surface area (Å²) in [6.45, 7) is 6.10. The van der Waals surface area contributed by atoms with E-state index in [2.05, 4.69) is 16.6 Å². The van der Waals surface area contributed by atoms with Gasteiger partial charge in [-0.05, 0) is 42.8 Å². The number of carbonyl (C=O) groups excluding carboxylic acids is 3. The van der Waals surface area contributed by atoms with Crippen LogP contribution in [0.4, 0.5) is 4.79 Å². The molecule has 1 N–H and O–H groups in total. The third kappa shape index (κ3) is 4.95. The molecule has 9 nitrogen and oxygen atoms in total. The minimum absolute atomic E-state index is 0.0115. The van der Waals surface area contributed by atoms with Gasteiger partial charge in [0.05, 0.1) is 20.3 Å². The minimum atomic E-state index is -0.644. The van der Waals surface area contributed by atoms with Crippen molar-refractivity contribution in [1.82, 2.24) is 10.2 Å². The number of rotatable bonds is 9. The van der Waals surface area contributed by atoms with Gasteiger partial charge in [-0.15, -0.1) is 0 Å². The van der Waals surface area contributed by atoms with Crippen molar-refractivity contribution < 1.29 is 33.0 Å². The number of nitrogens with zero attached hydrogens (tertiary/aromatic N) is 1. The van der Waals surface area contributed by atoms with Crippen molar-refractivity contribution in [3.63, 3.8) is 0 Å². The van der Waals surface area contributed by atoms with Crippen LogP contribution in [0.2, 0.25) is 0 Å². The zero-order valence-corrected chi connectivity index (χ0v) is 17.2. The lowest BCUT2D eigenvalue weighted by atomic mass is 10.1. The highest BCUT2D eigenvalue weighted by Gasteiger charge is 2.34. The van der Waals surface area contributed by atoms with Gasteiger partial charge in [0.1, 0.15) is 18.1 Å². The largest absolute Gasteiger partial charge is 0.490 e. The van der Waals surface area contributed by atoms with Crippen molar-refractivity contribution in [1.29, 1.82) is 0 Å². The van der Waals surface area contributed by atoms with Crippen LogP contribution in [0, 0.1) is 0 Å². The number of hydrogen-bond donors (Lipinski definition) is 1. The molecule has 2 aromatic rings. The van der Waals surface area contributed by atoms with E-state index in [4.69, 9.17) is 13.9 Å². The number of hydrogen-bond acceptors (Lipinski definition) is 7. The third-order valence-corrected chi connectivity index (χ3v) is 4.26. The van der Waals surface area contributed by atoms with E-state index in [9.17, 15) is 14.4 Å². The standard InChI is InChI=1S/C22H22N2O7/c1-4-10-30-17-8-6-14(12-19(17)29-5-2)11-16-20(25)24(22(27)23-16)13-15-7-9-18(31-15)21(26)28-3/h4,6-9,11-12H,1,5,10,13H2,2-3H3,(H,23,27). The molecule has 1 aliphatic rings. The molecule has 3 rings (SSSR count). The van der Waals surface area contributed by atoms with E-state index in [1.165, 1.54) is 19.2 Å². The molecule has 0 bridgehead atoms. The summed E-state index contributed by atoms with van der Waals surface area (Å²) in [6.07, 6.45) is 3.17. The molecular formula is C22H22N2O7. The smallest absolute Gasteiger partial charge is 0.373 e. The van der Waals surface area contributed by atoms with E-state index in [-0.39, 0.29) is 23.8 Å². The molecule has 1 saturated heterocycles. The average Bonchev–Trinajstić information content (AvgIpc) is 3.33. The molecule has 9 heteroatoms. The first-order chi connectivity index (χ1) is 15.0. The normalized spacial score (nSPS) is 14.5. The first-order valence-corrected chi connectivity index (χ1v) is 9.49. The number of furan rings is 1. The quantitative estimate of drug-likeness (QED) is 0.284. The highest BCUT2D eigenvalue weighted by Crippen LogP contribution is 2.30. The second-order valence-electron chi connectivity index (χ2n) is 6.38. The molecule has 0 spiro atoms. The number of methoxy groups -OCH3 is 1. The lowest BCUT2D eigenvalue weighted by Crippen LogP contribution is -2.30. The monoisotopic (exact) mass is 426 g/mol. The maximum Gasteiger partial charge on any atom is 0.373 e. The van der Waals surface area contributed by atoms with Gasteiger partial charge in [0, 0.05) is 0 Å². The highest BCUT2D eigenvalue weighted by molar-refractivity contribution is 6.13. The van der Waals surface area contributed by atoms with Crippen molar-refractivity contribution in [2.75, 3.05) is 20.3 Å². The zero-order chi connectivity index (χ0) is 22.4. The van der Waals surface area contributed by atoms with Crippen LogP contribution in [0.5, 0.6) is 11.5 Å². The Morgan fingerprint density at radius 2 is 2.00 bits per heavy atom. The molecule has 1 aliphatic heterocycles. The number of esters is 1. The van der Waals surface area contributed by atoms with Gasteiger partial charge in [0.25, 0.3) is 5.91 Å². The van der Waals surface area contributed by atoms with Gasteiger partial charge >= 0.3 is 12.0 Å². The summed E-state index contributed by atoms with van der Waals surface area (Å²) < 4.78 is 21.1.